The predicted octanol–water partition coefficient (Wildman–Crippen LogP) is 6.33. The minimum absolute atomic E-state index is 0.169. The molecule has 0 aromatic rings. The monoisotopic (exact) mass is 343 g/mol. The van der Waals surface area contributed by atoms with Gasteiger partial charge in [-0.3, -0.25) is 0 Å². The summed E-state index contributed by atoms with van der Waals surface area (Å²) in [5.74, 6) is 5.28. The first-order valence-electron chi connectivity index (χ1n) is 11.3. The molecule has 1 heteroatoms. The van der Waals surface area contributed by atoms with E-state index in [0.717, 1.165) is 35.5 Å². The standard InChI is InChI=1S/C24H41N/c1-16(2)20-6-5-7-21-18-12-15-24(25)14-10-17(3)8-9-22(24)19(18)11-13-23(20,21)4/h17-22H,1,5-15,25H2,2-4H3/t17-,18+,19-,20-,21-,22+,23+,24+/m0/s1. The van der Waals surface area contributed by atoms with Gasteiger partial charge in [0.05, 0.1) is 0 Å². The fourth-order valence-corrected chi connectivity index (χ4v) is 8.22. The molecule has 8 atom stereocenters. The molecular weight excluding hydrogens is 302 g/mol. The van der Waals surface area contributed by atoms with Crippen LogP contribution in [0.4, 0.5) is 0 Å². The van der Waals surface area contributed by atoms with Crippen LogP contribution in [0.2, 0.25) is 0 Å². The molecule has 0 bridgehead atoms. The maximum atomic E-state index is 7.10. The van der Waals surface area contributed by atoms with E-state index in [1.54, 1.807) is 0 Å². The lowest BCUT2D eigenvalue weighted by atomic mass is 9.44. The number of fused-ring (bicyclic) bond motifs is 5. The minimum Gasteiger partial charge on any atom is -0.325 e. The molecule has 142 valence electrons. The third kappa shape index (κ3) is 2.84. The average Bonchev–Trinajstić information content (AvgIpc) is 2.72. The number of hydrogen-bond donors (Lipinski definition) is 1. The van der Waals surface area contributed by atoms with Crippen LogP contribution in [0.5, 0.6) is 0 Å². The lowest BCUT2D eigenvalue weighted by Gasteiger charge is -2.61. The average molecular weight is 344 g/mol. The number of hydrogen-bond acceptors (Lipinski definition) is 1. The Morgan fingerprint density at radius 2 is 1.56 bits per heavy atom. The Bertz CT molecular complexity index is 524. The quantitative estimate of drug-likeness (QED) is 0.553. The summed E-state index contributed by atoms with van der Waals surface area (Å²) in [6.45, 7) is 11.8. The van der Waals surface area contributed by atoms with Crippen molar-refractivity contribution in [2.24, 2.45) is 46.7 Å². The third-order valence-electron chi connectivity index (χ3n) is 9.60. The van der Waals surface area contributed by atoms with Crippen molar-refractivity contribution < 1.29 is 0 Å². The zero-order valence-electron chi connectivity index (χ0n) is 17.0. The molecular formula is C24H41N. The van der Waals surface area contributed by atoms with Gasteiger partial charge in [-0.05, 0) is 106 Å². The summed E-state index contributed by atoms with van der Waals surface area (Å²) >= 11 is 0. The van der Waals surface area contributed by atoms with Crippen molar-refractivity contribution in [1.82, 2.24) is 0 Å². The Morgan fingerprint density at radius 3 is 2.32 bits per heavy atom. The van der Waals surface area contributed by atoms with Crippen LogP contribution >= 0.6 is 0 Å². The van der Waals surface area contributed by atoms with E-state index in [2.05, 4.69) is 27.4 Å². The maximum Gasteiger partial charge on any atom is 0.0185 e. The van der Waals surface area contributed by atoms with Gasteiger partial charge in [0.2, 0.25) is 0 Å². The fourth-order valence-electron chi connectivity index (χ4n) is 8.22. The molecule has 1 nitrogen and oxygen atoms in total. The normalized spacial score (nSPS) is 53.1. The van der Waals surface area contributed by atoms with Crippen LogP contribution in [0.1, 0.15) is 91.4 Å². The van der Waals surface area contributed by atoms with Crippen molar-refractivity contribution in [3.63, 3.8) is 0 Å². The van der Waals surface area contributed by atoms with Gasteiger partial charge in [0.1, 0.15) is 0 Å². The van der Waals surface area contributed by atoms with E-state index in [4.69, 9.17) is 5.73 Å². The highest BCUT2D eigenvalue weighted by molar-refractivity contribution is 5.13. The fraction of sp³-hybridized carbons (Fsp3) is 0.917. The van der Waals surface area contributed by atoms with Gasteiger partial charge in [-0.25, -0.2) is 0 Å². The molecule has 0 amide bonds. The predicted molar refractivity (Wildman–Crippen MR) is 107 cm³/mol. The Balaban J connectivity index is 1.61. The van der Waals surface area contributed by atoms with E-state index >= 15 is 0 Å². The Kier molecular flexibility index (Phi) is 4.63. The van der Waals surface area contributed by atoms with Crippen molar-refractivity contribution >= 4 is 0 Å². The van der Waals surface area contributed by atoms with Gasteiger partial charge in [-0.1, -0.05) is 38.8 Å². The lowest BCUT2D eigenvalue weighted by molar-refractivity contribution is -0.0985. The summed E-state index contributed by atoms with van der Waals surface area (Å²) in [5.41, 5.74) is 9.25. The van der Waals surface area contributed by atoms with Crippen LogP contribution in [-0.2, 0) is 0 Å². The molecule has 0 aromatic heterocycles. The van der Waals surface area contributed by atoms with Crippen LogP contribution in [0, 0.1) is 40.9 Å². The van der Waals surface area contributed by atoms with Gasteiger partial charge in [0.15, 0.2) is 0 Å². The summed E-state index contributed by atoms with van der Waals surface area (Å²) in [6.07, 6.45) is 15.4. The van der Waals surface area contributed by atoms with Crippen LogP contribution in [0.15, 0.2) is 12.2 Å². The molecule has 4 rings (SSSR count). The van der Waals surface area contributed by atoms with E-state index in [0.29, 0.717) is 5.41 Å². The first-order chi connectivity index (χ1) is 11.8. The number of nitrogens with two attached hydrogens (primary N) is 1. The second-order valence-corrected chi connectivity index (χ2v) is 10.9. The summed E-state index contributed by atoms with van der Waals surface area (Å²) in [7, 11) is 0. The van der Waals surface area contributed by atoms with Gasteiger partial charge in [-0.15, -0.1) is 0 Å². The molecule has 0 saturated heterocycles. The molecule has 25 heavy (non-hydrogen) atoms. The lowest BCUT2D eigenvalue weighted by Crippen LogP contribution is -2.59. The molecule has 0 radical (unpaired) electrons. The van der Waals surface area contributed by atoms with Crippen LogP contribution < -0.4 is 5.73 Å². The second-order valence-electron chi connectivity index (χ2n) is 10.9. The molecule has 0 aromatic carbocycles. The van der Waals surface area contributed by atoms with Gasteiger partial charge >= 0.3 is 0 Å². The Morgan fingerprint density at radius 1 is 0.880 bits per heavy atom. The number of rotatable bonds is 1. The molecule has 2 N–H and O–H groups in total. The maximum absolute atomic E-state index is 7.10. The summed E-state index contributed by atoms with van der Waals surface area (Å²) < 4.78 is 0. The summed E-state index contributed by atoms with van der Waals surface area (Å²) in [4.78, 5) is 0. The number of allylic oxidation sites excluding steroid dienone is 1. The Hall–Kier alpha value is -0.300. The smallest absolute Gasteiger partial charge is 0.0185 e. The molecule has 0 aliphatic heterocycles. The molecule has 4 aliphatic rings. The van der Waals surface area contributed by atoms with E-state index in [9.17, 15) is 0 Å². The van der Waals surface area contributed by atoms with Crippen molar-refractivity contribution in [3.05, 3.63) is 12.2 Å². The van der Waals surface area contributed by atoms with Crippen LogP contribution in [0.3, 0.4) is 0 Å². The highest BCUT2D eigenvalue weighted by atomic mass is 14.8. The van der Waals surface area contributed by atoms with Crippen LogP contribution in [-0.4, -0.2) is 5.54 Å². The summed E-state index contributed by atoms with van der Waals surface area (Å²) in [6, 6.07) is 0. The zero-order chi connectivity index (χ0) is 17.8. The van der Waals surface area contributed by atoms with Crippen molar-refractivity contribution in [2.45, 2.75) is 96.9 Å². The van der Waals surface area contributed by atoms with E-state index < -0.39 is 0 Å². The van der Waals surface area contributed by atoms with Gasteiger partial charge in [-0.2, -0.15) is 0 Å². The molecule has 0 heterocycles. The van der Waals surface area contributed by atoms with Crippen molar-refractivity contribution in [2.75, 3.05) is 0 Å². The van der Waals surface area contributed by atoms with Crippen molar-refractivity contribution in [1.29, 1.82) is 0 Å². The van der Waals surface area contributed by atoms with Crippen LogP contribution in [0.25, 0.3) is 0 Å². The molecule has 0 spiro atoms. The van der Waals surface area contributed by atoms with Gasteiger partial charge in [0.25, 0.3) is 0 Å². The molecule has 4 fully saturated rings. The summed E-state index contributed by atoms with van der Waals surface area (Å²) in [5, 5.41) is 0. The molecule has 4 saturated carbocycles. The SMILES string of the molecule is C=C(C)[C@@H]1CCC[C@H]2[C@@H]3CC[C@]4(N)CC[C@@H](C)CC[C@@H]4[C@H]3CC[C@]12C. The molecule has 0 unspecified atom stereocenters. The largest absolute Gasteiger partial charge is 0.325 e. The van der Waals surface area contributed by atoms with Gasteiger partial charge in [0, 0.05) is 5.54 Å². The molecule has 4 aliphatic carbocycles. The zero-order valence-corrected chi connectivity index (χ0v) is 17.0. The second kappa shape index (κ2) is 6.39. The highest BCUT2D eigenvalue weighted by Crippen LogP contribution is 2.63. The van der Waals surface area contributed by atoms with Crippen molar-refractivity contribution in [3.8, 4) is 0 Å². The van der Waals surface area contributed by atoms with E-state index in [-0.39, 0.29) is 5.54 Å². The highest BCUT2D eigenvalue weighted by Gasteiger charge is 2.57. The first-order valence-corrected chi connectivity index (χ1v) is 11.3. The van der Waals surface area contributed by atoms with Gasteiger partial charge < -0.3 is 5.73 Å². The van der Waals surface area contributed by atoms with E-state index in [1.807, 2.05) is 0 Å². The minimum atomic E-state index is 0.169. The Labute approximate surface area is 156 Å². The topological polar surface area (TPSA) is 26.0 Å². The third-order valence-corrected chi connectivity index (χ3v) is 9.60. The first kappa shape index (κ1) is 18.1. The van der Waals surface area contributed by atoms with E-state index in [1.165, 1.54) is 76.2 Å².